The molecule has 4 rings (SSSR count). The maximum absolute atomic E-state index is 14.2. The second-order valence-electron chi connectivity index (χ2n) is 8.29. The Kier molecular flexibility index (Phi) is 5.83. The van der Waals surface area contributed by atoms with Crippen LogP contribution >= 0.6 is 0 Å². The molecule has 2 saturated heterocycles. The largest absolute Gasteiger partial charge is 0.339 e. The first-order chi connectivity index (χ1) is 14.5. The molecule has 2 aromatic carbocycles. The summed E-state index contributed by atoms with van der Waals surface area (Å²) in [6, 6.07) is 12.6. The fourth-order valence-electron chi connectivity index (χ4n) is 5.00. The van der Waals surface area contributed by atoms with E-state index in [1.807, 2.05) is 4.90 Å². The number of halogens is 2. The normalized spacial score (nSPS) is 22.1. The van der Waals surface area contributed by atoms with Crippen molar-refractivity contribution in [3.8, 4) is 6.07 Å². The zero-order chi connectivity index (χ0) is 21.1. The van der Waals surface area contributed by atoms with Gasteiger partial charge in [-0.25, -0.2) is 8.78 Å². The highest BCUT2D eigenvalue weighted by Gasteiger charge is 2.42. The van der Waals surface area contributed by atoms with Gasteiger partial charge < -0.3 is 4.90 Å². The van der Waals surface area contributed by atoms with Gasteiger partial charge in [0.25, 0.3) is 5.91 Å². The maximum Gasteiger partial charge on any atom is 0.255 e. The number of likely N-dealkylation sites (tertiary alicyclic amines) is 2. The van der Waals surface area contributed by atoms with E-state index in [0.29, 0.717) is 36.3 Å². The van der Waals surface area contributed by atoms with Crippen LogP contribution in [0.1, 0.15) is 53.6 Å². The summed E-state index contributed by atoms with van der Waals surface area (Å²) in [7, 11) is 0. The highest BCUT2D eigenvalue weighted by atomic mass is 19.1. The van der Waals surface area contributed by atoms with Gasteiger partial charge in [-0.1, -0.05) is 12.1 Å². The zero-order valence-electron chi connectivity index (χ0n) is 16.9. The van der Waals surface area contributed by atoms with Crippen LogP contribution in [0.2, 0.25) is 0 Å². The van der Waals surface area contributed by atoms with Gasteiger partial charge in [0, 0.05) is 30.7 Å². The summed E-state index contributed by atoms with van der Waals surface area (Å²) < 4.78 is 27.8. The summed E-state index contributed by atoms with van der Waals surface area (Å²) in [4.78, 5) is 17.2. The molecule has 1 spiro atoms. The van der Waals surface area contributed by atoms with Gasteiger partial charge in [0.15, 0.2) is 0 Å². The topological polar surface area (TPSA) is 47.3 Å². The third-order valence-electron chi connectivity index (χ3n) is 6.59. The van der Waals surface area contributed by atoms with E-state index < -0.39 is 5.82 Å². The summed E-state index contributed by atoms with van der Waals surface area (Å²) in [5, 5.41) is 9.32. The first-order valence-corrected chi connectivity index (χ1v) is 10.5. The van der Waals surface area contributed by atoms with E-state index in [2.05, 4.69) is 11.0 Å². The minimum atomic E-state index is -0.423. The fourth-order valence-corrected chi connectivity index (χ4v) is 5.00. The summed E-state index contributed by atoms with van der Waals surface area (Å²) in [5.41, 5.74) is 1.13. The monoisotopic (exact) mass is 409 g/mol. The van der Waals surface area contributed by atoms with Gasteiger partial charge >= 0.3 is 0 Å². The maximum atomic E-state index is 14.2. The second kappa shape index (κ2) is 8.53. The molecule has 30 heavy (non-hydrogen) atoms. The molecule has 0 aliphatic carbocycles. The van der Waals surface area contributed by atoms with Crippen molar-refractivity contribution in [2.75, 3.05) is 19.6 Å². The van der Waals surface area contributed by atoms with Gasteiger partial charge in [0.1, 0.15) is 11.6 Å². The Hall–Kier alpha value is -2.78. The number of nitriles is 1. The average molecular weight is 409 g/mol. The molecule has 1 atom stereocenters. The summed E-state index contributed by atoms with van der Waals surface area (Å²) in [6.07, 6.45) is 4.59. The van der Waals surface area contributed by atoms with Crippen LogP contribution in [0, 0.1) is 23.0 Å². The molecule has 2 aliphatic heterocycles. The van der Waals surface area contributed by atoms with Crippen LogP contribution in [0.5, 0.6) is 0 Å². The molecule has 1 amide bonds. The highest BCUT2D eigenvalue weighted by molar-refractivity contribution is 5.96. The SMILES string of the molecule is N#Cc1ccccc1C(=O)N1CCC[C@]2(CCCN2Cc2cc(F)ccc2F)CC1. The van der Waals surface area contributed by atoms with Crippen molar-refractivity contribution in [3.05, 3.63) is 70.8 Å². The van der Waals surface area contributed by atoms with Gasteiger partial charge in [-0.3, -0.25) is 9.69 Å². The molecule has 4 nitrogen and oxygen atoms in total. The minimum Gasteiger partial charge on any atom is -0.339 e. The lowest BCUT2D eigenvalue weighted by Gasteiger charge is -2.38. The van der Waals surface area contributed by atoms with E-state index in [1.165, 1.54) is 12.1 Å². The quantitative estimate of drug-likeness (QED) is 0.750. The Morgan fingerprint density at radius 1 is 1.03 bits per heavy atom. The van der Waals surface area contributed by atoms with Crippen LogP contribution in [-0.2, 0) is 6.54 Å². The molecule has 156 valence electrons. The Morgan fingerprint density at radius 2 is 1.80 bits per heavy atom. The average Bonchev–Trinajstić information content (AvgIpc) is 3.00. The molecule has 0 unspecified atom stereocenters. The Balaban J connectivity index is 1.50. The Bertz CT molecular complexity index is 987. The van der Waals surface area contributed by atoms with Crippen molar-refractivity contribution in [2.45, 2.75) is 44.2 Å². The minimum absolute atomic E-state index is 0.0947. The molecular weight excluding hydrogens is 384 g/mol. The van der Waals surface area contributed by atoms with E-state index in [4.69, 9.17) is 0 Å². The van der Waals surface area contributed by atoms with Crippen LogP contribution in [0.25, 0.3) is 0 Å². The highest BCUT2D eigenvalue weighted by Crippen LogP contribution is 2.39. The fraction of sp³-hybridized carbons (Fsp3) is 0.417. The lowest BCUT2D eigenvalue weighted by atomic mass is 9.87. The number of amides is 1. The van der Waals surface area contributed by atoms with Crippen molar-refractivity contribution >= 4 is 5.91 Å². The molecule has 2 aliphatic rings. The van der Waals surface area contributed by atoms with Gasteiger partial charge in [0.2, 0.25) is 0 Å². The van der Waals surface area contributed by atoms with E-state index >= 15 is 0 Å². The Labute approximate surface area is 175 Å². The summed E-state index contributed by atoms with van der Waals surface area (Å²) in [6.45, 7) is 2.47. The molecule has 0 aromatic heterocycles. The van der Waals surface area contributed by atoms with E-state index in [9.17, 15) is 18.8 Å². The number of rotatable bonds is 3. The van der Waals surface area contributed by atoms with Crippen molar-refractivity contribution < 1.29 is 13.6 Å². The molecule has 2 aromatic rings. The molecule has 0 radical (unpaired) electrons. The van der Waals surface area contributed by atoms with Crippen LogP contribution in [0.15, 0.2) is 42.5 Å². The molecule has 2 heterocycles. The first kappa shape index (κ1) is 20.5. The molecule has 0 saturated carbocycles. The summed E-state index contributed by atoms with van der Waals surface area (Å²) >= 11 is 0. The van der Waals surface area contributed by atoms with Crippen molar-refractivity contribution in [1.29, 1.82) is 5.26 Å². The number of benzene rings is 2. The number of carbonyl (C=O) groups is 1. The molecule has 0 bridgehead atoms. The van der Waals surface area contributed by atoms with E-state index in [1.54, 1.807) is 24.3 Å². The van der Waals surface area contributed by atoms with Gasteiger partial charge in [-0.2, -0.15) is 5.26 Å². The number of carbonyl (C=O) groups excluding carboxylic acids is 1. The lowest BCUT2D eigenvalue weighted by molar-refractivity contribution is 0.0737. The predicted molar refractivity (Wildman–Crippen MR) is 110 cm³/mol. The van der Waals surface area contributed by atoms with Crippen LogP contribution in [-0.4, -0.2) is 40.9 Å². The Morgan fingerprint density at radius 3 is 2.60 bits per heavy atom. The zero-order valence-corrected chi connectivity index (χ0v) is 16.9. The van der Waals surface area contributed by atoms with Crippen molar-refractivity contribution in [3.63, 3.8) is 0 Å². The van der Waals surface area contributed by atoms with Crippen molar-refractivity contribution in [2.24, 2.45) is 0 Å². The molecular formula is C24H25F2N3O. The number of nitrogens with zero attached hydrogens (tertiary/aromatic N) is 3. The molecule has 6 heteroatoms. The second-order valence-corrected chi connectivity index (χ2v) is 8.29. The van der Waals surface area contributed by atoms with Crippen LogP contribution < -0.4 is 0 Å². The van der Waals surface area contributed by atoms with E-state index in [-0.39, 0.29) is 17.3 Å². The van der Waals surface area contributed by atoms with E-state index in [0.717, 1.165) is 44.7 Å². The molecule has 2 fully saturated rings. The third kappa shape index (κ3) is 3.95. The lowest BCUT2D eigenvalue weighted by Crippen LogP contribution is -2.44. The number of hydrogen-bond donors (Lipinski definition) is 0. The van der Waals surface area contributed by atoms with Crippen LogP contribution in [0.4, 0.5) is 8.78 Å². The van der Waals surface area contributed by atoms with Gasteiger partial charge in [-0.15, -0.1) is 0 Å². The predicted octanol–water partition coefficient (Wildman–Crippen LogP) is 4.50. The van der Waals surface area contributed by atoms with Crippen molar-refractivity contribution in [1.82, 2.24) is 9.80 Å². The standard InChI is InChI=1S/C24H25F2N3O/c25-20-7-8-22(26)19(15-20)17-29-13-4-10-24(29)9-3-12-28(14-11-24)23(30)21-6-2-1-5-18(21)16-27/h1-2,5-8,15H,3-4,9-14,17H2/t24-/m0/s1. The van der Waals surface area contributed by atoms with Gasteiger partial charge in [-0.05, 0) is 69.0 Å². The van der Waals surface area contributed by atoms with Gasteiger partial charge in [0.05, 0.1) is 17.2 Å². The third-order valence-corrected chi connectivity index (χ3v) is 6.59. The summed E-state index contributed by atoms with van der Waals surface area (Å²) in [5.74, 6) is -0.907. The smallest absolute Gasteiger partial charge is 0.255 e. The first-order valence-electron chi connectivity index (χ1n) is 10.5. The molecule has 0 N–H and O–H groups in total. The van der Waals surface area contributed by atoms with Crippen LogP contribution in [0.3, 0.4) is 0 Å². The number of hydrogen-bond acceptors (Lipinski definition) is 3.